The van der Waals surface area contributed by atoms with Crippen molar-refractivity contribution in [3.8, 4) is 11.3 Å². The maximum atomic E-state index is 12.6. The highest BCUT2D eigenvalue weighted by atomic mass is 16.5. The van der Waals surface area contributed by atoms with E-state index in [9.17, 15) is 9.59 Å². The van der Waals surface area contributed by atoms with Crippen LogP contribution in [-0.2, 0) is 16.1 Å². The molecule has 1 aromatic heterocycles. The summed E-state index contributed by atoms with van der Waals surface area (Å²) in [7, 11) is 0. The Kier molecular flexibility index (Phi) is 7.35. The van der Waals surface area contributed by atoms with Crippen molar-refractivity contribution >= 4 is 11.9 Å². The Morgan fingerprint density at radius 1 is 1.10 bits per heavy atom. The number of carbonyl (C=O) groups excluding carboxylic acids is 2. The molecule has 3 rings (SSSR count). The first-order valence-corrected chi connectivity index (χ1v) is 11.1. The zero-order valence-corrected chi connectivity index (χ0v) is 18.7. The smallest absolute Gasteiger partial charge is 0.339 e. The van der Waals surface area contributed by atoms with Crippen LogP contribution in [0.3, 0.4) is 0 Å². The van der Waals surface area contributed by atoms with Gasteiger partial charge in [0, 0.05) is 30.4 Å². The van der Waals surface area contributed by atoms with E-state index in [1.54, 1.807) is 0 Å². The van der Waals surface area contributed by atoms with E-state index in [1.807, 2.05) is 19.9 Å². The van der Waals surface area contributed by atoms with Gasteiger partial charge in [-0.05, 0) is 64.0 Å². The summed E-state index contributed by atoms with van der Waals surface area (Å²) in [6.45, 7) is 8.93. The molecule has 0 unspecified atom stereocenters. The molecule has 1 amide bonds. The van der Waals surface area contributed by atoms with Gasteiger partial charge in [-0.3, -0.25) is 4.79 Å². The first-order valence-electron chi connectivity index (χ1n) is 11.1. The van der Waals surface area contributed by atoms with Crippen LogP contribution >= 0.6 is 0 Å². The number of rotatable bonds is 7. The molecule has 1 heterocycles. The second-order valence-corrected chi connectivity index (χ2v) is 8.54. The number of amides is 1. The first kappa shape index (κ1) is 22.1. The topological polar surface area (TPSA) is 60.3 Å². The second kappa shape index (κ2) is 9.96. The molecule has 162 valence electrons. The Bertz CT molecular complexity index is 875. The summed E-state index contributed by atoms with van der Waals surface area (Å²) >= 11 is 0. The van der Waals surface area contributed by atoms with Gasteiger partial charge in [0.15, 0.2) is 0 Å². The minimum atomic E-state index is -0.317. The number of benzene rings is 1. The van der Waals surface area contributed by atoms with Crippen molar-refractivity contribution in [2.24, 2.45) is 5.92 Å². The van der Waals surface area contributed by atoms with Crippen molar-refractivity contribution in [1.29, 1.82) is 0 Å². The van der Waals surface area contributed by atoms with Crippen molar-refractivity contribution in [2.45, 2.75) is 72.4 Å². The number of ether oxygens (including phenoxy) is 1. The van der Waals surface area contributed by atoms with Crippen LogP contribution in [0.1, 0.15) is 67.6 Å². The quantitative estimate of drug-likeness (QED) is 0.651. The lowest BCUT2D eigenvalue weighted by Crippen LogP contribution is -2.37. The molecule has 0 bridgehead atoms. The number of esters is 1. The van der Waals surface area contributed by atoms with E-state index in [-0.39, 0.29) is 11.9 Å². The molecular weight excluding hydrogens is 376 g/mol. The van der Waals surface area contributed by atoms with E-state index in [4.69, 9.17) is 4.74 Å². The number of aryl methyl sites for hydroxylation is 1. The predicted molar refractivity (Wildman–Crippen MR) is 119 cm³/mol. The van der Waals surface area contributed by atoms with E-state index in [1.165, 1.54) is 18.4 Å². The van der Waals surface area contributed by atoms with Crippen LogP contribution in [0.5, 0.6) is 0 Å². The predicted octanol–water partition coefficient (Wildman–Crippen LogP) is 5.03. The third kappa shape index (κ3) is 5.32. The summed E-state index contributed by atoms with van der Waals surface area (Å²) in [5.41, 5.74) is 4.55. The van der Waals surface area contributed by atoms with Gasteiger partial charge in [0.25, 0.3) is 0 Å². The maximum Gasteiger partial charge on any atom is 0.339 e. The number of aromatic nitrogens is 1. The SMILES string of the molecule is CCOC(=O)c1cc(-c2ccc(C)cc2)n(CCC(=O)NC2CCC(C)CC2)c1C. The summed E-state index contributed by atoms with van der Waals surface area (Å²) in [5.74, 6) is 0.525. The molecule has 30 heavy (non-hydrogen) atoms. The normalized spacial score (nSPS) is 18.8. The zero-order chi connectivity index (χ0) is 21.7. The van der Waals surface area contributed by atoms with Crippen LogP contribution < -0.4 is 5.32 Å². The lowest BCUT2D eigenvalue weighted by Gasteiger charge is -2.27. The van der Waals surface area contributed by atoms with Crippen LogP contribution in [0.2, 0.25) is 0 Å². The Morgan fingerprint density at radius 3 is 2.40 bits per heavy atom. The van der Waals surface area contributed by atoms with Gasteiger partial charge in [0.05, 0.1) is 12.2 Å². The number of nitrogens with one attached hydrogen (secondary N) is 1. The van der Waals surface area contributed by atoms with Crippen LogP contribution in [-0.4, -0.2) is 29.1 Å². The standard InChI is InChI=1S/C25H34N2O3/c1-5-30-25(29)22-16-23(20-10-6-17(2)7-11-20)27(19(22)4)15-14-24(28)26-21-12-8-18(3)9-13-21/h6-7,10-11,16,18,21H,5,8-9,12-15H2,1-4H3,(H,26,28). The molecule has 1 aromatic carbocycles. The fourth-order valence-electron chi connectivity index (χ4n) is 4.23. The molecule has 1 fully saturated rings. The highest BCUT2D eigenvalue weighted by molar-refractivity contribution is 5.92. The van der Waals surface area contributed by atoms with Gasteiger partial charge in [-0.1, -0.05) is 36.8 Å². The molecule has 1 aliphatic rings. The number of hydrogen-bond donors (Lipinski definition) is 1. The molecule has 0 radical (unpaired) electrons. The fourth-order valence-corrected chi connectivity index (χ4v) is 4.23. The van der Waals surface area contributed by atoms with E-state index >= 15 is 0 Å². The monoisotopic (exact) mass is 410 g/mol. The van der Waals surface area contributed by atoms with Crippen molar-refractivity contribution < 1.29 is 14.3 Å². The zero-order valence-electron chi connectivity index (χ0n) is 18.7. The van der Waals surface area contributed by atoms with Gasteiger partial charge in [0.2, 0.25) is 5.91 Å². The minimum Gasteiger partial charge on any atom is -0.462 e. The Labute approximate surface area is 179 Å². The third-order valence-electron chi connectivity index (χ3n) is 6.15. The van der Waals surface area contributed by atoms with Crippen molar-refractivity contribution in [3.63, 3.8) is 0 Å². The molecule has 0 aliphatic heterocycles. The summed E-state index contributed by atoms with van der Waals surface area (Å²) in [6, 6.07) is 10.4. The maximum absolute atomic E-state index is 12.6. The van der Waals surface area contributed by atoms with Gasteiger partial charge in [-0.2, -0.15) is 0 Å². The van der Waals surface area contributed by atoms with E-state index in [2.05, 4.69) is 48.0 Å². The molecule has 0 spiro atoms. The Balaban J connectivity index is 1.77. The van der Waals surface area contributed by atoms with Crippen LogP contribution in [0.25, 0.3) is 11.3 Å². The summed E-state index contributed by atoms with van der Waals surface area (Å²) in [6.07, 6.45) is 4.89. The van der Waals surface area contributed by atoms with Gasteiger partial charge in [-0.15, -0.1) is 0 Å². The molecule has 5 heteroatoms. The summed E-state index contributed by atoms with van der Waals surface area (Å²) < 4.78 is 7.30. The Morgan fingerprint density at radius 2 is 1.77 bits per heavy atom. The van der Waals surface area contributed by atoms with Crippen molar-refractivity contribution in [1.82, 2.24) is 9.88 Å². The van der Waals surface area contributed by atoms with Crippen molar-refractivity contribution in [2.75, 3.05) is 6.61 Å². The average molecular weight is 411 g/mol. The Hall–Kier alpha value is -2.56. The van der Waals surface area contributed by atoms with Crippen LogP contribution in [0.4, 0.5) is 0 Å². The van der Waals surface area contributed by atoms with Gasteiger partial charge < -0.3 is 14.6 Å². The summed E-state index contributed by atoms with van der Waals surface area (Å²) in [4.78, 5) is 25.0. The van der Waals surface area contributed by atoms with Crippen LogP contribution in [0.15, 0.2) is 30.3 Å². The lowest BCUT2D eigenvalue weighted by molar-refractivity contribution is -0.122. The molecule has 1 aliphatic carbocycles. The highest BCUT2D eigenvalue weighted by Gasteiger charge is 2.22. The molecule has 1 saturated carbocycles. The van der Waals surface area contributed by atoms with Gasteiger partial charge >= 0.3 is 5.97 Å². The van der Waals surface area contributed by atoms with E-state index < -0.39 is 0 Å². The molecule has 2 aromatic rings. The minimum absolute atomic E-state index is 0.0789. The van der Waals surface area contributed by atoms with E-state index in [0.717, 1.165) is 35.7 Å². The third-order valence-corrected chi connectivity index (χ3v) is 6.15. The molecule has 0 atom stereocenters. The molecule has 0 saturated heterocycles. The van der Waals surface area contributed by atoms with Crippen LogP contribution in [0, 0.1) is 19.8 Å². The fraction of sp³-hybridized carbons (Fsp3) is 0.520. The summed E-state index contributed by atoms with van der Waals surface area (Å²) in [5, 5.41) is 3.20. The van der Waals surface area contributed by atoms with Crippen molar-refractivity contribution in [3.05, 3.63) is 47.2 Å². The number of nitrogens with zero attached hydrogens (tertiary/aromatic N) is 1. The number of hydrogen-bond acceptors (Lipinski definition) is 3. The lowest BCUT2D eigenvalue weighted by atomic mass is 9.87. The van der Waals surface area contributed by atoms with Gasteiger partial charge in [0.1, 0.15) is 0 Å². The van der Waals surface area contributed by atoms with Gasteiger partial charge in [-0.25, -0.2) is 4.79 Å². The average Bonchev–Trinajstić information content (AvgIpc) is 3.05. The molecule has 5 nitrogen and oxygen atoms in total. The first-order chi connectivity index (χ1) is 14.4. The molecule has 1 N–H and O–H groups in total. The highest BCUT2D eigenvalue weighted by Crippen LogP contribution is 2.28. The second-order valence-electron chi connectivity index (χ2n) is 8.54. The van der Waals surface area contributed by atoms with E-state index in [0.29, 0.717) is 31.2 Å². The molecular formula is C25H34N2O3. The largest absolute Gasteiger partial charge is 0.462 e. The number of carbonyl (C=O) groups is 2.